The summed E-state index contributed by atoms with van der Waals surface area (Å²) in [4.78, 5) is 2.31. The molecule has 0 bridgehead atoms. The molecule has 1 aromatic carbocycles. The van der Waals surface area contributed by atoms with Crippen LogP contribution in [-0.4, -0.2) is 13.1 Å². The average molecular weight is 215 g/mol. The number of aryl methyl sites for hydroxylation is 1. The molecule has 0 aliphatic carbocycles. The Labute approximate surface area is 99.1 Å². The highest BCUT2D eigenvalue weighted by atomic mass is 15.1. The van der Waals surface area contributed by atoms with E-state index in [0.717, 1.165) is 24.2 Å². The molecule has 0 N–H and O–H groups in total. The highest BCUT2D eigenvalue weighted by Crippen LogP contribution is 2.18. The highest BCUT2D eigenvalue weighted by molar-refractivity contribution is 5.50. The van der Waals surface area contributed by atoms with Crippen molar-refractivity contribution in [2.24, 2.45) is 0 Å². The lowest BCUT2D eigenvalue weighted by atomic mass is 10.1. The van der Waals surface area contributed by atoms with Crippen molar-refractivity contribution >= 4 is 5.69 Å². The van der Waals surface area contributed by atoms with Gasteiger partial charge in [0.25, 0.3) is 0 Å². The Morgan fingerprint density at radius 1 is 1.31 bits per heavy atom. The van der Waals surface area contributed by atoms with E-state index in [9.17, 15) is 0 Å². The molecule has 0 spiro atoms. The molecule has 1 rings (SSSR count). The third-order valence-corrected chi connectivity index (χ3v) is 2.73. The maximum absolute atomic E-state index is 4.05. The zero-order valence-corrected chi connectivity index (χ0v) is 10.6. The molecule has 0 fully saturated rings. The molecule has 0 heterocycles. The number of likely N-dealkylation sites (N-methyl/N-ethyl adjacent to an activating group) is 1. The number of hydrogen-bond acceptors (Lipinski definition) is 1. The van der Waals surface area contributed by atoms with Crippen LogP contribution >= 0.6 is 0 Å². The van der Waals surface area contributed by atoms with Gasteiger partial charge in [0.15, 0.2) is 0 Å². The predicted octanol–water partition coefficient (Wildman–Crippen LogP) is 3.95. The van der Waals surface area contributed by atoms with E-state index >= 15 is 0 Å². The van der Waals surface area contributed by atoms with Crippen LogP contribution in [0, 0.1) is 6.92 Å². The molecule has 0 unspecified atom stereocenters. The first kappa shape index (κ1) is 12.6. The number of anilines is 1. The Morgan fingerprint density at radius 3 is 2.50 bits per heavy atom. The zero-order valence-electron chi connectivity index (χ0n) is 10.6. The van der Waals surface area contributed by atoms with Gasteiger partial charge < -0.3 is 4.90 Å². The SMILES string of the molecule is C=C(C)C(=C)CN(CC)c1cccc(C)c1. The smallest absolute Gasteiger partial charge is 0.0425 e. The Morgan fingerprint density at radius 2 is 2.00 bits per heavy atom. The van der Waals surface area contributed by atoms with Gasteiger partial charge in [-0.1, -0.05) is 30.9 Å². The van der Waals surface area contributed by atoms with Crippen molar-refractivity contribution in [2.75, 3.05) is 18.0 Å². The lowest BCUT2D eigenvalue weighted by molar-refractivity contribution is 0.883. The van der Waals surface area contributed by atoms with Gasteiger partial charge in [-0.05, 0) is 44.0 Å². The van der Waals surface area contributed by atoms with E-state index in [4.69, 9.17) is 0 Å². The van der Waals surface area contributed by atoms with Crippen LogP contribution in [-0.2, 0) is 0 Å². The van der Waals surface area contributed by atoms with E-state index in [0.29, 0.717) is 0 Å². The lowest BCUT2D eigenvalue weighted by Crippen LogP contribution is -2.25. The van der Waals surface area contributed by atoms with Crippen LogP contribution < -0.4 is 4.90 Å². The largest absolute Gasteiger partial charge is 0.367 e. The molecular weight excluding hydrogens is 194 g/mol. The summed E-state index contributed by atoms with van der Waals surface area (Å²) in [6.07, 6.45) is 0. The first-order chi connectivity index (χ1) is 7.54. The summed E-state index contributed by atoms with van der Waals surface area (Å²) in [5.74, 6) is 0. The molecule has 0 atom stereocenters. The maximum Gasteiger partial charge on any atom is 0.0425 e. The Balaban J connectivity index is 2.82. The molecule has 0 aliphatic heterocycles. The second kappa shape index (κ2) is 5.55. The molecule has 0 aliphatic rings. The zero-order chi connectivity index (χ0) is 12.1. The fourth-order valence-electron chi connectivity index (χ4n) is 1.58. The summed E-state index contributed by atoms with van der Waals surface area (Å²) >= 11 is 0. The first-order valence-corrected chi connectivity index (χ1v) is 5.70. The van der Waals surface area contributed by atoms with E-state index in [1.54, 1.807) is 0 Å². The first-order valence-electron chi connectivity index (χ1n) is 5.70. The Hall–Kier alpha value is -1.50. The number of rotatable bonds is 5. The second-order valence-corrected chi connectivity index (χ2v) is 4.24. The maximum atomic E-state index is 4.05. The second-order valence-electron chi connectivity index (χ2n) is 4.24. The molecule has 1 heteroatoms. The third-order valence-electron chi connectivity index (χ3n) is 2.73. The fraction of sp³-hybridized carbons (Fsp3) is 0.333. The summed E-state index contributed by atoms with van der Waals surface area (Å²) in [5.41, 5.74) is 4.70. The monoisotopic (exact) mass is 215 g/mol. The summed E-state index contributed by atoms with van der Waals surface area (Å²) in [5, 5.41) is 0. The minimum Gasteiger partial charge on any atom is -0.367 e. The summed E-state index contributed by atoms with van der Waals surface area (Å²) in [7, 11) is 0. The van der Waals surface area contributed by atoms with Crippen molar-refractivity contribution in [3.63, 3.8) is 0 Å². The van der Waals surface area contributed by atoms with Gasteiger partial charge in [0, 0.05) is 18.8 Å². The number of nitrogens with zero attached hydrogens (tertiary/aromatic N) is 1. The van der Waals surface area contributed by atoms with Crippen LogP contribution in [0.3, 0.4) is 0 Å². The quantitative estimate of drug-likeness (QED) is 0.672. The van der Waals surface area contributed by atoms with Gasteiger partial charge in [0.2, 0.25) is 0 Å². The van der Waals surface area contributed by atoms with Gasteiger partial charge in [-0.15, -0.1) is 0 Å². The standard InChI is InChI=1S/C15H21N/c1-6-16(11-14(5)12(2)3)15-9-7-8-13(4)10-15/h7-10H,2,5-6,11H2,1,3-4H3. The fourth-order valence-corrected chi connectivity index (χ4v) is 1.58. The molecule has 0 radical (unpaired) electrons. The van der Waals surface area contributed by atoms with Crippen LogP contribution in [0.15, 0.2) is 48.6 Å². The van der Waals surface area contributed by atoms with Gasteiger partial charge in [0.05, 0.1) is 0 Å². The van der Waals surface area contributed by atoms with Gasteiger partial charge in [-0.2, -0.15) is 0 Å². The van der Waals surface area contributed by atoms with Crippen LogP contribution in [0.4, 0.5) is 5.69 Å². The van der Waals surface area contributed by atoms with Gasteiger partial charge in [-0.25, -0.2) is 0 Å². The number of benzene rings is 1. The van der Waals surface area contributed by atoms with Gasteiger partial charge in [-0.3, -0.25) is 0 Å². The van der Waals surface area contributed by atoms with Crippen molar-refractivity contribution in [3.8, 4) is 0 Å². The topological polar surface area (TPSA) is 3.24 Å². The molecular formula is C15H21N. The number of hydrogen-bond donors (Lipinski definition) is 0. The normalized spacial score (nSPS) is 9.94. The Bertz CT molecular complexity index is 390. The van der Waals surface area contributed by atoms with E-state index in [2.05, 4.69) is 56.2 Å². The summed E-state index contributed by atoms with van der Waals surface area (Å²) in [6, 6.07) is 8.55. The predicted molar refractivity (Wildman–Crippen MR) is 73.0 cm³/mol. The van der Waals surface area contributed by atoms with Gasteiger partial charge in [0.1, 0.15) is 0 Å². The molecule has 0 saturated heterocycles. The van der Waals surface area contributed by atoms with E-state index < -0.39 is 0 Å². The van der Waals surface area contributed by atoms with Crippen LogP contribution in [0.1, 0.15) is 19.4 Å². The molecule has 1 nitrogen and oxygen atoms in total. The van der Waals surface area contributed by atoms with E-state index in [1.165, 1.54) is 11.3 Å². The van der Waals surface area contributed by atoms with Crippen molar-refractivity contribution in [1.29, 1.82) is 0 Å². The summed E-state index contributed by atoms with van der Waals surface area (Å²) in [6.45, 7) is 16.1. The molecule has 86 valence electrons. The van der Waals surface area contributed by atoms with Crippen LogP contribution in [0.5, 0.6) is 0 Å². The minimum absolute atomic E-state index is 0.856. The van der Waals surface area contributed by atoms with Gasteiger partial charge >= 0.3 is 0 Å². The molecule has 16 heavy (non-hydrogen) atoms. The minimum atomic E-state index is 0.856. The molecule has 1 aromatic rings. The van der Waals surface area contributed by atoms with Crippen molar-refractivity contribution < 1.29 is 0 Å². The van der Waals surface area contributed by atoms with Crippen LogP contribution in [0.25, 0.3) is 0 Å². The molecule has 0 aromatic heterocycles. The van der Waals surface area contributed by atoms with Crippen molar-refractivity contribution in [2.45, 2.75) is 20.8 Å². The Kier molecular flexibility index (Phi) is 4.36. The summed E-state index contributed by atoms with van der Waals surface area (Å²) < 4.78 is 0. The van der Waals surface area contributed by atoms with E-state index in [1.807, 2.05) is 6.92 Å². The molecule has 0 amide bonds. The lowest BCUT2D eigenvalue weighted by Gasteiger charge is -2.24. The average Bonchev–Trinajstić information content (AvgIpc) is 2.25. The van der Waals surface area contributed by atoms with Crippen molar-refractivity contribution in [3.05, 3.63) is 54.1 Å². The molecule has 0 saturated carbocycles. The third kappa shape index (κ3) is 3.27. The highest BCUT2D eigenvalue weighted by Gasteiger charge is 2.06. The van der Waals surface area contributed by atoms with Crippen molar-refractivity contribution in [1.82, 2.24) is 0 Å². The van der Waals surface area contributed by atoms with E-state index in [-0.39, 0.29) is 0 Å². The van der Waals surface area contributed by atoms with Crippen LogP contribution in [0.2, 0.25) is 0 Å².